The van der Waals surface area contributed by atoms with Crippen LogP contribution in [0.1, 0.15) is 11.1 Å². The molecular weight excluding hydrogens is 460 g/mol. The van der Waals surface area contributed by atoms with E-state index in [1.54, 1.807) is 24.3 Å². The quantitative estimate of drug-likeness (QED) is 0.566. The van der Waals surface area contributed by atoms with E-state index in [0.29, 0.717) is 37.5 Å². The third-order valence-electron chi connectivity index (χ3n) is 2.79. The molecule has 0 unspecified atom stereocenters. The molecule has 22 heavy (non-hydrogen) atoms. The molecule has 0 saturated carbocycles. The summed E-state index contributed by atoms with van der Waals surface area (Å²) < 4.78 is 17.6. The van der Waals surface area contributed by atoms with E-state index in [-0.39, 0.29) is 6.61 Å². The number of halogens is 1. The fourth-order valence-corrected chi connectivity index (χ4v) is 1.64. The number of ether oxygens (including phenoxy) is 1. The summed E-state index contributed by atoms with van der Waals surface area (Å²) in [6, 6.07) is 14.1. The first kappa shape index (κ1) is 18.7. The second kappa shape index (κ2) is 10.3. The average molecular weight is 475 g/mol. The van der Waals surface area contributed by atoms with Gasteiger partial charge in [-0.05, 0) is 28.7 Å². The van der Waals surface area contributed by atoms with Gasteiger partial charge in [0.1, 0.15) is 12.4 Å². The van der Waals surface area contributed by atoms with Crippen LogP contribution in [0.2, 0.25) is 0 Å². The average Bonchev–Trinajstić information content (AvgIpc) is 2.54. The molecule has 3 N–H and O–H groups in total. The molecule has 2 rings (SSSR count). The summed E-state index contributed by atoms with van der Waals surface area (Å²) in [4.78, 5) is 0. The predicted molar refractivity (Wildman–Crippen MR) is 76.5 cm³/mol. The maximum atomic E-state index is 9.95. The minimum Gasteiger partial charge on any atom is -0.489 e. The van der Waals surface area contributed by atoms with E-state index in [9.17, 15) is 4.48 Å². The summed E-state index contributed by atoms with van der Waals surface area (Å²) in [5.41, 5.74) is 2.30. The molecule has 0 radical (unpaired) electrons. The van der Waals surface area contributed by atoms with Gasteiger partial charge in [-0.3, -0.25) is 0 Å². The molecule has 0 heterocycles. The Morgan fingerprint density at radius 3 is 1.95 bits per heavy atom. The Balaban J connectivity index is 0.000000745. The summed E-state index contributed by atoms with van der Waals surface area (Å²) in [6.07, 6.45) is 0. The SMILES string of the molecule is F[N]=[W].OCc1ccc(COc2ccc(B(O)O)cc2)cc1. The number of nitrogens with zero attached hydrogens (tertiary/aromatic N) is 1. The van der Waals surface area contributed by atoms with Gasteiger partial charge >= 0.3 is 34.9 Å². The zero-order valence-corrected chi connectivity index (χ0v) is 14.5. The van der Waals surface area contributed by atoms with E-state index in [2.05, 4.69) is 3.72 Å². The molecule has 0 spiro atoms. The van der Waals surface area contributed by atoms with Crippen LogP contribution < -0.4 is 10.2 Å². The summed E-state index contributed by atoms with van der Waals surface area (Å²) in [6.45, 7) is 0.457. The second-order valence-electron chi connectivity index (χ2n) is 4.27. The van der Waals surface area contributed by atoms with Crippen molar-refractivity contribution in [3.63, 3.8) is 0 Å². The van der Waals surface area contributed by atoms with Gasteiger partial charge in [-0.1, -0.05) is 36.4 Å². The van der Waals surface area contributed by atoms with Gasteiger partial charge in [-0.15, -0.1) is 0 Å². The van der Waals surface area contributed by atoms with Crippen LogP contribution in [0.25, 0.3) is 0 Å². The van der Waals surface area contributed by atoms with E-state index in [4.69, 9.17) is 19.9 Å². The van der Waals surface area contributed by atoms with Gasteiger partial charge in [0.05, 0.1) is 6.61 Å². The van der Waals surface area contributed by atoms with Crippen molar-refractivity contribution in [1.29, 1.82) is 0 Å². The standard InChI is InChI=1S/C14H15BO4.FN.W/c16-9-11-1-3-12(4-2-11)10-19-14-7-5-13(6-8-14)15(17)18;1-2;/h1-8,16-18H,9-10H2;;. The first-order chi connectivity index (χ1) is 10.6. The molecule has 0 fully saturated rings. The summed E-state index contributed by atoms with van der Waals surface area (Å²) >= 11 is 0.630. The second-order valence-corrected chi connectivity index (χ2v) is 4.77. The summed E-state index contributed by atoms with van der Waals surface area (Å²) in [5.74, 6) is 0.663. The predicted octanol–water partition coefficient (Wildman–Crippen LogP) is 1.04. The van der Waals surface area contributed by atoms with Crippen molar-refractivity contribution >= 4 is 12.6 Å². The molecule has 0 aliphatic carbocycles. The first-order valence-electron chi connectivity index (χ1n) is 6.32. The molecule has 8 heteroatoms. The van der Waals surface area contributed by atoms with Crippen molar-refractivity contribution in [3.8, 4) is 5.75 Å². The molecule has 2 aromatic carbocycles. The molecule has 5 nitrogen and oxygen atoms in total. The fourth-order valence-electron chi connectivity index (χ4n) is 1.64. The molecule has 0 bridgehead atoms. The smallest absolute Gasteiger partial charge is 0.488 e. The number of hydrogen-bond donors (Lipinski definition) is 3. The zero-order chi connectivity index (χ0) is 16.4. The van der Waals surface area contributed by atoms with E-state index in [1.807, 2.05) is 24.3 Å². The number of hydrogen-bond acceptors (Lipinski definition) is 5. The van der Waals surface area contributed by atoms with E-state index in [0.717, 1.165) is 11.1 Å². The Labute approximate surface area is 139 Å². The normalized spacial score (nSPS) is 9.45. The van der Waals surface area contributed by atoms with Crippen LogP contribution >= 0.6 is 0 Å². The van der Waals surface area contributed by atoms with Crippen LogP contribution in [0.4, 0.5) is 4.48 Å². The van der Waals surface area contributed by atoms with Crippen molar-refractivity contribution in [2.75, 3.05) is 0 Å². The molecule has 0 saturated heterocycles. The number of rotatable bonds is 5. The van der Waals surface area contributed by atoms with Gasteiger partial charge in [-0.25, -0.2) is 0 Å². The Hall–Kier alpha value is -1.40. The third kappa shape index (κ3) is 6.58. The minimum atomic E-state index is -1.46. The van der Waals surface area contributed by atoms with E-state index >= 15 is 0 Å². The van der Waals surface area contributed by atoms with Gasteiger partial charge in [0.2, 0.25) is 0 Å². The molecule has 116 valence electrons. The monoisotopic (exact) mass is 475 g/mol. The van der Waals surface area contributed by atoms with Gasteiger partial charge in [-0.2, -0.15) is 0 Å². The van der Waals surface area contributed by atoms with Gasteiger partial charge in [0.15, 0.2) is 0 Å². The molecule has 0 aliphatic rings. The van der Waals surface area contributed by atoms with Crippen LogP contribution in [-0.4, -0.2) is 22.3 Å². The first-order valence-corrected chi connectivity index (χ1v) is 7.63. The largest absolute Gasteiger partial charge is 0.489 e. The van der Waals surface area contributed by atoms with Crippen LogP contribution in [0.5, 0.6) is 5.75 Å². The van der Waals surface area contributed by atoms with E-state index < -0.39 is 7.12 Å². The van der Waals surface area contributed by atoms with Crippen LogP contribution in [0.3, 0.4) is 0 Å². The zero-order valence-electron chi connectivity index (χ0n) is 11.6. The van der Waals surface area contributed by atoms with E-state index in [1.165, 1.54) is 0 Å². The van der Waals surface area contributed by atoms with Crippen LogP contribution in [0, 0.1) is 0 Å². The van der Waals surface area contributed by atoms with Gasteiger partial charge in [0, 0.05) is 0 Å². The Morgan fingerprint density at radius 1 is 1.00 bits per heavy atom. The molecular formula is C14H15BFNO4W. The topological polar surface area (TPSA) is 82.3 Å². The van der Waals surface area contributed by atoms with Crippen molar-refractivity contribution in [2.45, 2.75) is 13.2 Å². The minimum absolute atomic E-state index is 0.0338. The van der Waals surface area contributed by atoms with Gasteiger partial charge < -0.3 is 19.9 Å². The maximum absolute atomic E-state index is 9.95. The van der Waals surface area contributed by atoms with Crippen LogP contribution in [-0.2, 0) is 32.8 Å². The van der Waals surface area contributed by atoms with Crippen molar-refractivity contribution in [1.82, 2.24) is 0 Å². The fraction of sp³-hybridized carbons (Fsp3) is 0.143. The van der Waals surface area contributed by atoms with Gasteiger partial charge in [0.25, 0.3) is 0 Å². The Bertz CT molecular complexity index is 566. The number of benzene rings is 2. The molecule has 0 aromatic heterocycles. The Kier molecular flexibility index (Phi) is 8.77. The maximum Gasteiger partial charge on any atom is 0.488 e. The number of aliphatic hydroxyl groups excluding tert-OH is 1. The third-order valence-corrected chi connectivity index (χ3v) is 2.79. The molecule has 0 atom stereocenters. The van der Waals surface area contributed by atoms with Crippen LogP contribution in [0.15, 0.2) is 52.2 Å². The summed E-state index contributed by atoms with van der Waals surface area (Å²) in [7, 11) is -1.46. The molecule has 0 aliphatic heterocycles. The van der Waals surface area contributed by atoms with Crippen molar-refractivity contribution in [2.24, 2.45) is 3.72 Å². The summed E-state index contributed by atoms with van der Waals surface area (Å²) in [5, 5.41) is 26.9. The van der Waals surface area contributed by atoms with Crippen molar-refractivity contribution < 1.29 is 44.0 Å². The molecule has 2 aromatic rings. The molecule has 0 amide bonds. The Morgan fingerprint density at radius 2 is 1.50 bits per heavy atom. The van der Waals surface area contributed by atoms with Crippen molar-refractivity contribution in [3.05, 3.63) is 59.7 Å². The number of aliphatic hydroxyl groups is 1.